The van der Waals surface area contributed by atoms with Crippen LogP contribution in [0.25, 0.3) is 6.08 Å². The Morgan fingerprint density at radius 2 is 2.04 bits per heavy atom. The third-order valence-electron chi connectivity index (χ3n) is 3.88. The number of hydrogen-bond donors (Lipinski definition) is 0. The number of Topliss-reactive ketones (excluding diaryl/α,β-unsaturated/α-hetero) is 1. The number of carbonyl (C=O) groups excluding carboxylic acids is 1. The first-order valence-corrected chi connectivity index (χ1v) is 7.31. The van der Waals surface area contributed by atoms with E-state index in [9.17, 15) is 14.9 Å². The van der Waals surface area contributed by atoms with Crippen molar-refractivity contribution in [3.63, 3.8) is 0 Å². The topological polar surface area (TPSA) is 78.7 Å². The number of benzene rings is 2. The normalized spacial score (nSPS) is 14.9. The summed E-state index contributed by atoms with van der Waals surface area (Å²) in [6.07, 6.45) is 1.62. The van der Waals surface area contributed by atoms with E-state index >= 15 is 0 Å². The summed E-state index contributed by atoms with van der Waals surface area (Å²) in [5, 5.41) is 11.0. The van der Waals surface area contributed by atoms with Crippen molar-refractivity contribution >= 4 is 17.5 Å². The quantitative estimate of drug-likeness (QED) is 0.490. The monoisotopic (exact) mass is 325 g/mol. The van der Waals surface area contributed by atoms with Crippen LogP contribution in [0.2, 0.25) is 0 Å². The molecule has 0 N–H and O–H groups in total. The Morgan fingerprint density at radius 3 is 2.75 bits per heavy atom. The predicted molar refractivity (Wildman–Crippen MR) is 88.6 cm³/mol. The molecule has 0 unspecified atom stereocenters. The molecule has 0 fully saturated rings. The van der Waals surface area contributed by atoms with E-state index in [1.807, 2.05) is 0 Å². The molecular weight excluding hydrogens is 310 g/mol. The van der Waals surface area contributed by atoms with Crippen molar-refractivity contribution < 1.29 is 19.2 Å². The van der Waals surface area contributed by atoms with Gasteiger partial charge in [0.15, 0.2) is 5.78 Å². The molecule has 24 heavy (non-hydrogen) atoms. The van der Waals surface area contributed by atoms with Crippen LogP contribution in [0, 0.1) is 17.0 Å². The van der Waals surface area contributed by atoms with Crippen LogP contribution in [0.5, 0.6) is 11.5 Å². The summed E-state index contributed by atoms with van der Waals surface area (Å²) >= 11 is 0. The minimum Gasteiger partial charge on any atom is -0.497 e. The Bertz CT molecular complexity index is 870. The van der Waals surface area contributed by atoms with Crippen LogP contribution in [0.15, 0.2) is 42.0 Å². The highest BCUT2D eigenvalue weighted by Gasteiger charge is 2.24. The molecular formula is C18H15NO5. The number of methoxy groups -OCH3 is 1. The second-order valence-corrected chi connectivity index (χ2v) is 5.45. The molecule has 3 rings (SSSR count). The number of aryl methyl sites for hydroxylation is 1. The highest BCUT2D eigenvalue weighted by atomic mass is 16.6. The summed E-state index contributed by atoms with van der Waals surface area (Å²) in [5.74, 6) is 0.907. The van der Waals surface area contributed by atoms with Crippen LogP contribution in [-0.2, 0) is 0 Å². The number of nitro benzene ring substituents is 1. The summed E-state index contributed by atoms with van der Waals surface area (Å²) in [7, 11) is 1.53. The standard InChI is InChI=1S/C18H15NO5/c1-11-3-4-12(8-16(11)19(21)22)7-13-10-24-17-6-5-14(23-2)9-15(17)18(13)20/h3-9H,10H2,1-2H3. The van der Waals surface area contributed by atoms with Gasteiger partial charge in [0.25, 0.3) is 5.69 Å². The molecule has 1 aliphatic rings. The van der Waals surface area contributed by atoms with Gasteiger partial charge in [-0.05, 0) is 36.8 Å². The maximum absolute atomic E-state index is 12.6. The average Bonchev–Trinajstić information content (AvgIpc) is 2.58. The fraction of sp³-hybridized carbons (Fsp3) is 0.167. The molecule has 0 spiro atoms. The minimum absolute atomic E-state index is 0.0237. The van der Waals surface area contributed by atoms with Gasteiger partial charge in [-0.15, -0.1) is 0 Å². The average molecular weight is 325 g/mol. The summed E-state index contributed by atoms with van der Waals surface area (Å²) in [6.45, 7) is 1.80. The second kappa shape index (κ2) is 6.16. The summed E-state index contributed by atoms with van der Waals surface area (Å²) < 4.78 is 10.7. The van der Waals surface area contributed by atoms with E-state index in [4.69, 9.17) is 9.47 Å². The van der Waals surface area contributed by atoms with E-state index in [1.54, 1.807) is 43.3 Å². The second-order valence-electron chi connectivity index (χ2n) is 5.45. The lowest BCUT2D eigenvalue weighted by molar-refractivity contribution is -0.385. The Hall–Kier alpha value is -3.15. The van der Waals surface area contributed by atoms with Gasteiger partial charge in [-0.1, -0.05) is 12.1 Å². The molecule has 0 saturated carbocycles. The molecule has 0 bridgehead atoms. The number of hydrogen-bond acceptors (Lipinski definition) is 5. The zero-order valence-electron chi connectivity index (χ0n) is 13.2. The Labute approximate surface area is 138 Å². The lowest BCUT2D eigenvalue weighted by atomic mass is 9.97. The van der Waals surface area contributed by atoms with E-state index in [0.29, 0.717) is 33.8 Å². The third kappa shape index (κ3) is 2.86. The fourth-order valence-electron chi connectivity index (χ4n) is 2.55. The van der Waals surface area contributed by atoms with Gasteiger partial charge in [0.1, 0.15) is 18.1 Å². The van der Waals surface area contributed by atoms with Crippen LogP contribution >= 0.6 is 0 Å². The fourth-order valence-corrected chi connectivity index (χ4v) is 2.55. The number of carbonyl (C=O) groups is 1. The van der Waals surface area contributed by atoms with Gasteiger partial charge in [-0.2, -0.15) is 0 Å². The molecule has 1 heterocycles. The van der Waals surface area contributed by atoms with Gasteiger partial charge in [0.2, 0.25) is 0 Å². The van der Waals surface area contributed by atoms with E-state index in [-0.39, 0.29) is 18.1 Å². The highest BCUT2D eigenvalue weighted by Crippen LogP contribution is 2.31. The largest absolute Gasteiger partial charge is 0.497 e. The first kappa shape index (κ1) is 15.7. The van der Waals surface area contributed by atoms with Gasteiger partial charge in [-0.3, -0.25) is 14.9 Å². The van der Waals surface area contributed by atoms with Gasteiger partial charge in [0, 0.05) is 17.2 Å². The third-order valence-corrected chi connectivity index (χ3v) is 3.88. The molecule has 0 atom stereocenters. The van der Waals surface area contributed by atoms with Crippen molar-refractivity contribution in [2.24, 2.45) is 0 Å². The number of ketones is 1. The molecule has 0 saturated heterocycles. The molecule has 0 aromatic heterocycles. The summed E-state index contributed by atoms with van der Waals surface area (Å²) in [4.78, 5) is 23.2. The zero-order valence-corrected chi connectivity index (χ0v) is 13.2. The maximum Gasteiger partial charge on any atom is 0.272 e. The molecule has 6 nitrogen and oxygen atoms in total. The molecule has 1 aliphatic heterocycles. The first-order chi connectivity index (χ1) is 11.5. The number of nitrogens with zero attached hydrogens (tertiary/aromatic N) is 1. The van der Waals surface area contributed by atoms with Crippen molar-refractivity contribution in [2.75, 3.05) is 13.7 Å². The molecule has 0 radical (unpaired) electrons. The van der Waals surface area contributed by atoms with Crippen LogP contribution < -0.4 is 9.47 Å². The predicted octanol–water partition coefficient (Wildman–Crippen LogP) is 3.57. The molecule has 0 aliphatic carbocycles. The van der Waals surface area contributed by atoms with Crippen molar-refractivity contribution in [2.45, 2.75) is 6.92 Å². The van der Waals surface area contributed by atoms with E-state index < -0.39 is 4.92 Å². The Balaban J connectivity index is 1.98. The van der Waals surface area contributed by atoms with Gasteiger partial charge in [0.05, 0.1) is 17.6 Å². The van der Waals surface area contributed by atoms with Crippen molar-refractivity contribution in [1.29, 1.82) is 0 Å². The van der Waals surface area contributed by atoms with Crippen LogP contribution in [-0.4, -0.2) is 24.4 Å². The smallest absolute Gasteiger partial charge is 0.272 e. The number of nitro groups is 1. The summed E-state index contributed by atoms with van der Waals surface area (Å²) in [6, 6.07) is 9.90. The Kier molecular flexibility index (Phi) is 4.04. The van der Waals surface area contributed by atoms with Gasteiger partial charge in [-0.25, -0.2) is 0 Å². The molecule has 0 amide bonds. The van der Waals surface area contributed by atoms with Crippen molar-refractivity contribution in [1.82, 2.24) is 0 Å². The van der Waals surface area contributed by atoms with Crippen molar-refractivity contribution in [3.05, 3.63) is 68.8 Å². The lowest BCUT2D eigenvalue weighted by Gasteiger charge is -2.19. The van der Waals surface area contributed by atoms with E-state index in [2.05, 4.69) is 0 Å². The van der Waals surface area contributed by atoms with Crippen LogP contribution in [0.4, 0.5) is 5.69 Å². The molecule has 2 aromatic rings. The van der Waals surface area contributed by atoms with Crippen LogP contribution in [0.1, 0.15) is 21.5 Å². The maximum atomic E-state index is 12.6. The Morgan fingerprint density at radius 1 is 1.25 bits per heavy atom. The minimum atomic E-state index is -0.434. The first-order valence-electron chi connectivity index (χ1n) is 7.31. The molecule has 6 heteroatoms. The van der Waals surface area contributed by atoms with E-state index in [1.165, 1.54) is 13.2 Å². The SMILES string of the molecule is COc1ccc2c(c1)C(=O)C(=Cc1ccc(C)c([N+](=O)[O-])c1)CO2. The number of ether oxygens (including phenoxy) is 2. The van der Waals surface area contributed by atoms with E-state index in [0.717, 1.165) is 0 Å². The lowest BCUT2D eigenvalue weighted by Crippen LogP contribution is -2.19. The van der Waals surface area contributed by atoms with Gasteiger partial charge < -0.3 is 9.47 Å². The zero-order chi connectivity index (χ0) is 17.3. The van der Waals surface area contributed by atoms with Gasteiger partial charge >= 0.3 is 0 Å². The summed E-state index contributed by atoms with van der Waals surface area (Å²) in [5.41, 5.74) is 2.05. The molecule has 122 valence electrons. The highest BCUT2D eigenvalue weighted by molar-refractivity contribution is 6.14. The number of rotatable bonds is 3. The number of fused-ring (bicyclic) bond motifs is 1. The molecule has 2 aromatic carbocycles. The van der Waals surface area contributed by atoms with Crippen LogP contribution in [0.3, 0.4) is 0 Å². The van der Waals surface area contributed by atoms with Crippen molar-refractivity contribution in [3.8, 4) is 11.5 Å².